The van der Waals surface area contributed by atoms with Crippen LogP contribution in [-0.4, -0.2) is 58.1 Å². The van der Waals surface area contributed by atoms with Crippen molar-refractivity contribution in [2.24, 2.45) is 0 Å². The first-order chi connectivity index (χ1) is 18.9. The van der Waals surface area contributed by atoms with E-state index in [2.05, 4.69) is 31.1 Å². The van der Waals surface area contributed by atoms with Crippen molar-refractivity contribution in [1.29, 1.82) is 0 Å². The molecule has 0 saturated heterocycles. The molecule has 3 heterocycles. The van der Waals surface area contributed by atoms with Gasteiger partial charge in [-0.15, -0.1) is 11.3 Å². The molecular weight excluding hydrogens is 540 g/mol. The van der Waals surface area contributed by atoms with Crippen LogP contribution in [0, 0.1) is 6.92 Å². The number of fused-ring (bicyclic) bond motifs is 1. The highest BCUT2D eigenvalue weighted by molar-refractivity contribution is 7.17. The Labute approximate surface area is 232 Å². The molecular formula is C26H28N6O5S2. The Morgan fingerprint density at radius 1 is 1.13 bits per heavy atom. The number of H-pyrrole nitrogens is 1. The number of aromatic nitrogens is 3. The molecule has 0 aliphatic carbocycles. The zero-order chi connectivity index (χ0) is 27.8. The second-order valence-corrected chi connectivity index (χ2v) is 10.6. The van der Waals surface area contributed by atoms with Crippen molar-refractivity contribution in [3.8, 4) is 0 Å². The molecule has 11 nitrogen and oxygen atoms in total. The fraction of sp³-hybridized carbons (Fsp3) is 0.308. The smallest absolute Gasteiger partial charge is 0.330 e. The van der Waals surface area contributed by atoms with Gasteiger partial charge < -0.3 is 20.7 Å². The van der Waals surface area contributed by atoms with Crippen LogP contribution in [0.25, 0.3) is 10.9 Å². The lowest BCUT2D eigenvalue weighted by molar-refractivity contribution is -0.145. The second kappa shape index (κ2) is 13.1. The van der Waals surface area contributed by atoms with Crippen LogP contribution in [-0.2, 0) is 20.7 Å². The first kappa shape index (κ1) is 27.9. The summed E-state index contributed by atoms with van der Waals surface area (Å²) in [6.07, 6.45) is 3.29. The molecule has 3 amide bonds. The van der Waals surface area contributed by atoms with Gasteiger partial charge in [0, 0.05) is 11.9 Å². The average Bonchev–Trinajstić information content (AvgIpc) is 3.68. The molecule has 0 bridgehead atoms. The van der Waals surface area contributed by atoms with Crippen LogP contribution in [0.5, 0.6) is 0 Å². The van der Waals surface area contributed by atoms with E-state index in [0.717, 1.165) is 34.2 Å². The van der Waals surface area contributed by atoms with Crippen LogP contribution in [0.1, 0.15) is 50.4 Å². The highest BCUT2D eigenvalue weighted by atomic mass is 32.1. The summed E-state index contributed by atoms with van der Waals surface area (Å²) in [4.78, 5) is 55.9. The Morgan fingerprint density at radius 3 is 2.74 bits per heavy atom. The van der Waals surface area contributed by atoms with E-state index in [1.807, 2.05) is 25.1 Å². The maximum Gasteiger partial charge on any atom is 0.330 e. The van der Waals surface area contributed by atoms with Gasteiger partial charge >= 0.3 is 5.97 Å². The predicted molar refractivity (Wildman–Crippen MR) is 149 cm³/mol. The third-order valence-corrected chi connectivity index (χ3v) is 7.66. The molecule has 4 aromatic rings. The van der Waals surface area contributed by atoms with Gasteiger partial charge in [0.2, 0.25) is 5.91 Å². The van der Waals surface area contributed by atoms with Crippen LogP contribution in [0.4, 0.5) is 5.13 Å². The number of thiazole rings is 1. The lowest BCUT2D eigenvalue weighted by atomic mass is 10.1. The monoisotopic (exact) mass is 568 g/mol. The van der Waals surface area contributed by atoms with Gasteiger partial charge in [0.1, 0.15) is 10.9 Å². The third-order valence-electron chi connectivity index (χ3n) is 5.72. The number of thiophene rings is 1. The van der Waals surface area contributed by atoms with Gasteiger partial charge in [-0.25, -0.2) is 9.78 Å². The number of anilines is 1. The number of rotatable bonds is 12. The standard InChI is InChI=1S/C26H28N6O5S2/c1-3-4-10-37-25(36)19(14-27-23(34)20-9-6-11-38-20)30-24(35)22-15(2)29-26(39-22)31-21(33)12-16-7-5-8-18-17(16)13-28-32-18/h5-9,11,13,19H,3-4,10,12,14H2,1-2H3,(H,27,34)(H,28,32)(H,30,35)(H,29,31,33). The third kappa shape index (κ3) is 7.27. The lowest BCUT2D eigenvalue weighted by Gasteiger charge is -2.18. The van der Waals surface area contributed by atoms with Crippen LogP contribution < -0.4 is 16.0 Å². The molecule has 13 heteroatoms. The van der Waals surface area contributed by atoms with Gasteiger partial charge in [-0.3, -0.25) is 19.5 Å². The molecule has 0 radical (unpaired) electrons. The van der Waals surface area contributed by atoms with E-state index in [9.17, 15) is 19.2 Å². The molecule has 3 aromatic heterocycles. The van der Waals surface area contributed by atoms with Crippen molar-refractivity contribution < 1.29 is 23.9 Å². The number of ether oxygens (including phenoxy) is 1. The number of benzene rings is 1. The molecule has 4 rings (SSSR count). The maximum absolute atomic E-state index is 13.1. The minimum atomic E-state index is -1.10. The molecule has 0 aliphatic rings. The quantitative estimate of drug-likeness (QED) is 0.151. The largest absolute Gasteiger partial charge is 0.464 e. The van der Waals surface area contributed by atoms with Crippen LogP contribution >= 0.6 is 22.7 Å². The first-order valence-corrected chi connectivity index (χ1v) is 14.0. The van der Waals surface area contributed by atoms with Crippen LogP contribution in [0.2, 0.25) is 0 Å². The maximum atomic E-state index is 13.1. The number of aryl methyl sites for hydroxylation is 1. The highest BCUT2D eigenvalue weighted by Crippen LogP contribution is 2.24. The number of nitrogens with one attached hydrogen (secondary N) is 4. The van der Waals surface area contributed by atoms with Crippen molar-refractivity contribution in [2.75, 3.05) is 18.5 Å². The number of carbonyl (C=O) groups excluding carboxylic acids is 4. The summed E-state index contributed by atoms with van der Waals surface area (Å²) >= 11 is 2.27. The summed E-state index contributed by atoms with van der Waals surface area (Å²) in [7, 11) is 0. The summed E-state index contributed by atoms with van der Waals surface area (Å²) in [5.41, 5.74) is 2.03. The van der Waals surface area contributed by atoms with Crippen molar-refractivity contribution in [2.45, 2.75) is 39.2 Å². The molecule has 1 unspecified atom stereocenters. The SMILES string of the molecule is CCCCOC(=O)C(CNC(=O)c1cccs1)NC(=O)c1sc(NC(=O)Cc2cccc3[nH]ncc23)nc1C. The van der Waals surface area contributed by atoms with E-state index in [-0.39, 0.29) is 41.4 Å². The van der Waals surface area contributed by atoms with Crippen LogP contribution in [0.3, 0.4) is 0 Å². The molecule has 0 aliphatic heterocycles. The van der Waals surface area contributed by atoms with Crippen molar-refractivity contribution >= 4 is 62.4 Å². The van der Waals surface area contributed by atoms with Crippen molar-refractivity contribution in [3.63, 3.8) is 0 Å². The Hall–Kier alpha value is -4.10. The number of amides is 3. The number of esters is 1. The average molecular weight is 569 g/mol. The van der Waals surface area contributed by atoms with Crippen molar-refractivity contribution in [1.82, 2.24) is 25.8 Å². The molecule has 0 saturated carbocycles. The predicted octanol–water partition coefficient (Wildman–Crippen LogP) is 3.44. The highest BCUT2D eigenvalue weighted by Gasteiger charge is 2.26. The Balaban J connectivity index is 1.40. The number of nitrogens with zero attached hydrogens (tertiary/aromatic N) is 2. The van der Waals surface area contributed by atoms with Gasteiger partial charge in [0.25, 0.3) is 11.8 Å². The molecule has 0 spiro atoms. The van der Waals surface area contributed by atoms with E-state index in [4.69, 9.17) is 4.74 Å². The molecule has 1 aromatic carbocycles. The van der Waals surface area contributed by atoms with Gasteiger partial charge in [-0.2, -0.15) is 5.10 Å². The number of hydrogen-bond donors (Lipinski definition) is 4. The number of unbranched alkanes of at least 4 members (excludes halogenated alkanes) is 1. The fourth-order valence-electron chi connectivity index (χ4n) is 3.70. The molecule has 39 heavy (non-hydrogen) atoms. The normalized spacial score (nSPS) is 11.6. The first-order valence-electron chi connectivity index (χ1n) is 12.3. The summed E-state index contributed by atoms with van der Waals surface area (Å²) in [6, 6.07) is 7.87. The van der Waals surface area contributed by atoms with E-state index >= 15 is 0 Å². The van der Waals surface area contributed by atoms with E-state index in [1.54, 1.807) is 30.6 Å². The Bertz CT molecular complexity index is 1460. The summed E-state index contributed by atoms with van der Waals surface area (Å²) in [5.74, 6) is -1.85. The van der Waals surface area contributed by atoms with Crippen molar-refractivity contribution in [3.05, 3.63) is 62.9 Å². The minimum Gasteiger partial charge on any atom is -0.464 e. The van der Waals surface area contributed by atoms with Gasteiger partial charge in [0.15, 0.2) is 5.13 Å². The summed E-state index contributed by atoms with van der Waals surface area (Å²) in [5, 5.41) is 17.8. The number of aromatic amines is 1. The molecule has 204 valence electrons. The molecule has 0 fully saturated rings. The van der Waals surface area contributed by atoms with E-state index in [0.29, 0.717) is 17.0 Å². The minimum absolute atomic E-state index is 0.104. The summed E-state index contributed by atoms with van der Waals surface area (Å²) < 4.78 is 5.30. The Morgan fingerprint density at radius 2 is 1.97 bits per heavy atom. The van der Waals surface area contributed by atoms with Gasteiger partial charge in [-0.1, -0.05) is 42.9 Å². The lowest BCUT2D eigenvalue weighted by Crippen LogP contribution is -2.49. The Kier molecular flexibility index (Phi) is 9.39. The van der Waals surface area contributed by atoms with E-state index < -0.39 is 17.9 Å². The van der Waals surface area contributed by atoms with Gasteiger partial charge in [0.05, 0.1) is 35.3 Å². The topological polar surface area (TPSA) is 155 Å². The number of carbonyl (C=O) groups is 4. The number of hydrogen-bond acceptors (Lipinski definition) is 9. The summed E-state index contributed by atoms with van der Waals surface area (Å²) in [6.45, 7) is 3.67. The van der Waals surface area contributed by atoms with Gasteiger partial charge in [-0.05, 0) is 36.4 Å². The second-order valence-electron chi connectivity index (χ2n) is 8.64. The van der Waals surface area contributed by atoms with E-state index in [1.165, 1.54) is 11.3 Å². The molecule has 4 N–H and O–H groups in total. The molecule has 1 atom stereocenters. The zero-order valence-electron chi connectivity index (χ0n) is 21.4. The fourth-order valence-corrected chi connectivity index (χ4v) is 5.23. The zero-order valence-corrected chi connectivity index (χ0v) is 23.0. The van der Waals surface area contributed by atoms with Crippen LogP contribution in [0.15, 0.2) is 41.9 Å².